The second-order valence-corrected chi connectivity index (χ2v) is 7.17. The number of esters is 1. The van der Waals surface area contributed by atoms with Crippen LogP contribution in [0.2, 0.25) is 5.02 Å². The minimum absolute atomic E-state index is 0.0181. The normalized spacial score (nSPS) is 15.0. The van der Waals surface area contributed by atoms with Crippen LogP contribution in [-0.4, -0.2) is 36.5 Å². The van der Waals surface area contributed by atoms with Crippen molar-refractivity contribution in [2.45, 2.75) is 13.5 Å². The number of carbonyl (C=O) groups is 3. The summed E-state index contributed by atoms with van der Waals surface area (Å²) in [6.07, 6.45) is 1.49. The number of halogens is 2. The van der Waals surface area contributed by atoms with Crippen molar-refractivity contribution in [1.82, 2.24) is 10.2 Å². The van der Waals surface area contributed by atoms with Crippen molar-refractivity contribution < 1.29 is 28.3 Å². The Morgan fingerprint density at radius 2 is 2.10 bits per heavy atom. The van der Waals surface area contributed by atoms with Crippen LogP contribution in [0.1, 0.15) is 28.8 Å². The maximum Gasteiger partial charge on any atom is 0.373 e. The van der Waals surface area contributed by atoms with Gasteiger partial charge in [0.05, 0.1) is 24.7 Å². The van der Waals surface area contributed by atoms with E-state index in [-0.39, 0.29) is 23.8 Å². The standard InChI is InChI=1S/C19H16BrClN2O6/c1-3-28-16-10(6-11(21)8-13(16)20)7-14-17(24)23(19(26)22-14)9-12-4-5-15(29-12)18(25)27-2/h4-8H,3,9H2,1-2H3,(H,22,26). The van der Waals surface area contributed by atoms with E-state index < -0.39 is 17.9 Å². The number of rotatable bonds is 6. The Bertz CT molecular complexity index is 1020. The molecule has 10 heteroatoms. The van der Waals surface area contributed by atoms with Gasteiger partial charge < -0.3 is 19.2 Å². The molecule has 3 amide bonds. The van der Waals surface area contributed by atoms with Crippen molar-refractivity contribution in [1.29, 1.82) is 0 Å². The van der Waals surface area contributed by atoms with Crippen LogP contribution in [0.15, 0.2) is 38.9 Å². The second kappa shape index (κ2) is 8.71. The number of methoxy groups -OCH3 is 1. The molecule has 0 radical (unpaired) electrons. The van der Waals surface area contributed by atoms with Crippen molar-refractivity contribution in [3.8, 4) is 5.75 Å². The van der Waals surface area contributed by atoms with Crippen LogP contribution in [-0.2, 0) is 16.1 Å². The lowest BCUT2D eigenvalue weighted by Gasteiger charge is -2.11. The number of carbonyl (C=O) groups excluding carboxylic acids is 3. The number of ether oxygens (including phenoxy) is 2. The maximum atomic E-state index is 12.7. The lowest BCUT2D eigenvalue weighted by Crippen LogP contribution is -2.30. The number of hydrogen-bond acceptors (Lipinski definition) is 6. The molecule has 8 nitrogen and oxygen atoms in total. The van der Waals surface area contributed by atoms with E-state index in [1.165, 1.54) is 25.3 Å². The molecular formula is C19H16BrClN2O6. The summed E-state index contributed by atoms with van der Waals surface area (Å²) < 4.78 is 16.1. The predicted octanol–water partition coefficient (Wildman–Crippen LogP) is 3.97. The topological polar surface area (TPSA) is 98.1 Å². The fourth-order valence-electron chi connectivity index (χ4n) is 2.68. The van der Waals surface area contributed by atoms with E-state index in [0.29, 0.717) is 27.4 Å². The van der Waals surface area contributed by atoms with Crippen molar-refractivity contribution in [2.75, 3.05) is 13.7 Å². The molecule has 29 heavy (non-hydrogen) atoms. The molecule has 3 rings (SSSR count). The summed E-state index contributed by atoms with van der Waals surface area (Å²) in [5.41, 5.74) is 0.590. The molecule has 1 N–H and O–H groups in total. The molecule has 1 aromatic carbocycles. The molecule has 1 aliphatic rings. The van der Waals surface area contributed by atoms with Crippen LogP contribution in [0.25, 0.3) is 6.08 Å². The molecule has 1 aliphatic heterocycles. The van der Waals surface area contributed by atoms with Crippen LogP contribution in [0.4, 0.5) is 4.79 Å². The predicted molar refractivity (Wildman–Crippen MR) is 107 cm³/mol. The highest BCUT2D eigenvalue weighted by Gasteiger charge is 2.34. The van der Waals surface area contributed by atoms with Gasteiger partial charge in [0.2, 0.25) is 5.76 Å². The van der Waals surface area contributed by atoms with Crippen LogP contribution in [0.5, 0.6) is 5.75 Å². The Morgan fingerprint density at radius 1 is 1.34 bits per heavy atom. The first-order chi connectivity index (χ1) is 13.8. The Labute approximate surface area is 179 Å². The average Bonchev–Trinajstić information content (AvgIpc) is 3.24. The number of hydrogen-bond donors (Lipinski definition) is 1. The monoisotopic (exact) mass is 482 g/mol. The lowest BCUT2D eigenvalue weighted by atomic mass is 10.1. The van der Waals surface area contributed by atoms with Gasteiger partial charge in [0.1, 0.15) is 17.2 Å². The maximum absolute atomic E-state index is 12.7. The highest BCUT2D eigenvalue weighted by molar-refractivity contribution is 9.10. The van der Waals surface area contributed by atoms with E-state index in [0.717, 1.165) is 4.90 Å². The summed E-state index contributed by atoms with van der Waals surface area (Å²) in [5.74, 6) is -0.460. The van der Waals surface area contributed by atoms with Crippen molar-refractivity contribution in [2.24, 2.45) is 0 Å². The Hall–Kier alpha value is -2.78. The Morgan fingerprint density at radius 3 is 2.79 bits per heavy atom. The van der Waals surface area contributed by atoms with E-state index in [2.05, 4.69) is 26.0 Å². The van der Waals surface area contributed by atoms with Crippen LogP contribution in [0, 0.1) is 0 Å². The number of amides is 3. The summed E-state index contributed by atoms with van der Waals surface area (Å²) >= 11 is 9.48. The number of nitrogens with one attached hydrogen (secondary N) is 1. The third-order valence-corrected chi connectivity index (χ3v) is 4.76. The van der Waals surface area contributed by atoms with Crippen molar-refractivity contribution >= 4 is 51.5 Å². The number of imide groups is 1. The number of furan rings is 1. The van der Waals surface area contributed by atoms with E-state index in [1.807, 2.05) is 6.92 Å². The van der Waals surface area contributed by atoms with E-state index in [4.69, 9.17) is 20.8 Å². The largest absolute Gasteiger partial charge is 0.492 e. The van der Waals surface area contributed by atoms with Gasteiger partial charge in [-0.15, -0.1) is 0 Å². The quantitative estimate of drug-likeness (QED) is 0.379. The van der Waals surface area contributed by atoms with E-state index in [1.54, 1.807) is 12.1 Å². The zero-order chi connectivity index (χ0) is 21.1. The van der Waals surface area contributed by atoms with Crippen molar-refractivity contribution in [3.63, 3.8) is 0 Å². The van der Waals surface area contributed by atoms with Gasteiger partial charge in [-0.2, -0.15) is 0 Å². The molecular weight excluding hydrogens is 468 g/mol. The minimum atomic E-state index is -0.649. The molecule has 1 saturated heterocycles. The average molecular weight is 484 g/mol. The summed E-state index contributed by atoms with van der Waals surface area (Å²) in [5, 5.41) is 2.96. The highest BCUT2D eigenvalue weighted by atomic mass is 79.9. The van der Waals surface area contributed by atoms with E-state index in [9.17, 15) is 14.4 Å². The van der Waals surface area contributed by atoms with Gasteiger partial charge in [-0.3, -0.25) is 9.69 Å². The fourth-order valence-corrected chi connectivity index (χ4v) is 3.63. The molecule has 0 atom stereocenters. The van der Waals surface area contributed by atoms with Gasteiger partial charge in [0.15, 0.2) is 0 Å². The first-order valence-corrected chi connectivity index (χ1v) is 9.64. The molecule has 1 fully saturated rings. The molecule has 152 valence electrons. The fraction of sp³-hybridized carbons (Fsp3) is 0.211. The van der Waals surface area contributed by atoms with Gasteiger partial charge in [0, 0.05) is 10.6 Å². The highest BCUT2D eigenvalue weighted by Crippen LogP contribution is 2.34. The molecule has 0 unspecified atom stereocenters. The number of nitrogens with zero attached hydrogens (tertiary/aromatic N) is 1. The molecule has 2 heterocycles. The third-order valence-electron chi connectivity index (χ3n) is 3.95. The van der Waals surface area contributed by atoms with Crippen LogP contribution < -0.4 is 10.1 Å². The lowest BCUT2D eigenvalue weighted by molar-refractivity contribution is -0.123. The molecule has 0 spiro atoms. The number of benzene rings is 1. The van der Waals surface area contributed by atoms with Gasteiger partial charge >= 0.3 is 12.0 Å². The molecule has 0 saturated carbocycles. The summed E-state index contributed by atoms with van der Waals surface area (Å²) in [6.45, 7) is 2.09. The van der Waals surface area contributed by atoms with Gasteiger partial charge in [-0.05, 0) is 53.2 Å². The molecule has 0 bridgehead atoms. The van der Waals surface area contributed by atoms with Crippen LogP contribution in [0.3, 0.4) is 0 Å². The Balaban J connectivity index is 1.85. The second-order valence-electron chi connectivity index (χ2n) is 5.88. The van der Waals surface area contributed by atoms with Gasteiger partial charge in [0.25, 0.3) is 5.91 Å². The van der Waals surface area contributed by atoms with Crippen molar-refractivity contribution in [3.05, 3.63) is 56.5 Å². The first-order valence-electron chi connectivity index (χ1n) is 8.47. The van der Waals surface area contributed by atoms with Gasteiger partial charge in [-0.1, -0.05) is 11.6 Å². The smallest absolute Gasteiger partial charge is 0.373 e. The minimum Gasteiger partial charge on any atom is -0.492 e. The zero-order valence-corrected chi connectivity index (χ0v) is 17.8. The molecule has 1 aromatic heterocycles. The summed E-state index contributed by atoms with van der Waals surface area (Å²) in [4.78, 5) is 37.4. The van der Waals surface area contributed by atoms with E-state index >= 15 is 0 Å². The number of urea groups is 1. The van der Waals surface area contributed by atoms with Crippen LogP contribution >= 0.6 is 27.5 Å². The SMILES string of the molecule is CCOc1c(Br)cc(Cl)cc1C=C1NC(=O)N(Cc2ccc(C(=O)OC)o2)C1=O. The zero-order valence-electron chi connectivity index (χ0n) is 15.5. The summed E-state index contributed by atoms with van der Waals surface area (Å²) in [6, 6.07) is 5.59. The summed E-state index contributed by atoms with van der Waals surface area (Å²) in [7, 11) is 1.23. The molecule has 2 aromatic rings. The first kappa shape index (κ1) is 20.9. The molecule has 0 aliphatic carbocycles. The van der Waals surface area contributed by atoms with Gasteiger partial charge in [-0.25, -0.2) is 9.59 Å². The Kier molecular flexibility index (Phi) is 6.29. The third kappa shape index (κ3) is 4.46.